The van der Waals surface area contributed by atoms with Crippen molar-refractivity contribution >= 4 is 5.95 Å². The number of aromatic nitrogens is 2. The van der Waals surface area contributed by atoms with Crippen LogP contribution in [0.25, 0.3) is 11.1 Å². The number of benzene rings is 1. The molecular formula is C15H18N4. The van der Waals surface area contributed by atoms with Crippen molar-refractivity contribution in [3.63, 3.8) is 0 Å². The molecule has 0 saturated carbocycles. The summed E-state index contributed by atoms with van der Waals surface area (Å²) in [4.78, 5) is 11.2. The number of nitrogens with zero attached hydrogens (tertiary/aromatic N) is 3. The number of anilines is 1. The summed E-state index contributed by atoms with van der Waals surface area (Å²) >= 11 is 0. The molecule has 1 unspecified atom stereocenters. The maximum absolute atomic E-state index is 5.79. The van der Waals surface area contributed by atoms with Gasteiger partial charge in [-0.15, -0.1) is 0 Å². The molecule has 2 heterocycles. The molecule has 1 aromatic carbocycles. The molecule has 0 bridgehead atoms. The zero-order valence-corrected chi connectivity index (χ0v) is 10.9. The Morgan fingerprint density at radius 3 is 2.53 bits per heavy atom. The molecule has 0 radical (unpaired) electrons. The van der Waals surface area contributed by atoms with E-state index in [0.29, 0.717) is 12.6 Å². The van der Waals surface area contributed by atoms with Crippen LogP contribution in [-0.4, -0.2) is 29.1 Å². The van der Waals surface area contributed by atoms with Gasteiger partial charge in [0.25, 0.3) is 0 Å². The van der Waals surface area contributed by atoms with E-state index in [0.717, 1.165) is 30.0 Å². The van der Waals surface area contributed by atoms with Gasteiger partial charge in [-0.2, -0.15) is 0 Å². The van der Waals surface area contributed by atoms with Crippen molar-refractivity contribution in [3.8, 4) is 11.1 Å². The molecule has 2 aromatic rings. The third-order valence-corrected chi connectivity index (χ3v) is 3.65. The van der Waals surface area contributed by atoms with Crippen LogP contribution in [0, 0.1) is 0 Å². The fourth-order valence-corrected chi connectivity index (χ4v) is 2.59. The maximum Gasteiger partial charge on any atom is 0.225 e. The minimum atomic E-state index is 0.391. The second-order valence-electron chi connectivity index (χ2n) is 4.86. The highest BCUT2D eigenvalue weighted by Crippen LogP contribution is 2.23. The topological polar surface area (TPSA) is 55.0 Å². The van der Waals surface area contributed by atoms with Crippen molar-refractivity contribution < 1.29 is 0 Å². The first-order chi connectivity index (χ1) is 9.38. The van der Waals surface area contributed by atoms with Crippen molar-refractivity contribution in [2.75, 3.05) is 18.0 Å². The number of nitrogens with two attached hydrogens (primary N) is 1. The largest absolute Gasteiger partial charge is 0.337 e. The summed E-state index contributed by atoms with van der Waals surface area (Å²) in [5.41, 5.74) is 7.98. The van der Waals surface area contributed by atoms with Gasteiger partial charge < -0.3 is 10.6 Å². The molecule has 98 valence electrons. The predicted molar refractivity (Wildman–Crippen MR) is 76.9 cm³/mol. The monoisotopic (exact) mass is 254 g/mol. The molecule has 1 aromatic heterocycles. The van der Waals surface area contributed by atoms with Crippen molar-refractivity contribution in [2.24, 2.45) is 5.73 Å². The van der Waals surface area contributed by atoms with E-state index in [1.165, 1.54) is 6.42 Å². The van der Waals surface area contributed by atoms with Gasteiger partial charge >= 0.3 is 0 Å². The molecule has 0 spiro atoms. The summed E-state index contributed by atoms with van der Waals surface area (Å²) < 4.78 is 0. The maximum atomic E-state index is 5.79. The zero-order valence-electron chi connectivity index (χ0n) is 10.9. The summed E-state index contributed by atoms with van der Waals surface area (Å²) in [6.07, 6.45) is 6.10. The van der Waals surface area contributed by atoms with Crippen LogP contribution in [0.1, 0.15) is 12.8 Å². The summed E-state index contributed by atoms with van der Waals surface area (Å²) in [6, 6.07) is 10.6. The first-order valence-corrected chi connectivity index (χ1v) is 6.72. The van der Waals surface area contributed by atoms with Crippen LogP contribution in [0.5, 0.6) is 0 Å². The van der Waals surface area contributed by atoms with Gasteiger partial charge in [0, 0.05) is 37.1 Å². The Kier molecular flexibility index (Phi) is 3.42. The SMILES string of the molecule is NCC1CCCN1c1ncc(-c2ccccc2)cn1. The van der Waals surface area contributed by atoms with Crippen LogP contribution >= 0.6 is 0 Å². The van der Waals surface area contributed by atoms with E-state index in [1.807, 2.05) is 30.6 Å². The highest BCUT2D eigenvalue weighted by molar-refractivity contribution is 5.61. The predicted octanol–water partition coefficient (Wildman–Crippen LogP) is 2.07. The summed E-state index contributed by atoms with van der Waals surface area (Å²) in [6.45, 7) is 1.68. The van der Waals surface area contributed by atoms with Gasteiger partial charge in [0.15, 0.2) is 0 Å². The van der Waals surface area contributed by atoms with Crippen LogP contribution < -0.4 is 10.6 Å². The Bertz CT molecular complexity index is 524. The highest BCUT2D eigenvalue weighted by atomic mass is 15.3. The van der Waals surface area contributed by atoms with Crippen LogP contribution in [0.4, 0.5) is 5.95 Å². The normalized spacial score (nSPS) is 18.8. The molecule has 1 saturated heterocycles. The average molecular weight is 254 g/mol. The summed E-state index contributed by atoms with van der Waals surface area (Å²) in [7, 11) is 0. The third kappa shape index (κ3) is 2.44. The van der Waals surface area contributed by atoms with Crippen LogP contribution in [-0.2, 0) is 0 Å². The molecule has 3 rings (SSSR count). The van der Waals surface area contributed by atoms with E-state index in [1.54, 1.807) is 0 Å². The lowest BCUT2D eigenvalue weighted by Crippen LogP contribution is -2.36. The van der Waals surface area contributed by atoms with Gasteiger partial charge in [-0.1, -0.05) is 30.3 Å². The lowest BCUT2D eigenvalue weighted by Gasteiger charge is -2.23. The van der Waals surface area contributed by atoms with Crippen molar-refractivity contribution in [2.45, 2.75) is 18.9 Å². The first kappa shape index (κ1) is 12.1. The second kappa shape index (κ2) is 5.36. The lowest BCUT2D eigenvalue weighted by atomic mass is 10.1. The third-order valence-electron chi connectivity index (χ3n) is 3.65. The van der Waals surface area contributed by atoms with E-state index in [2.05, 4.69) is 27.0 Å². The minimum absolute atomic E-state index is 0.391. The molecule has 4 nitrogen and oxygen atoms in total. The van der Waals surface area contributed by atoms with Gasteiger partial charge in [0.2, 0.25) is 5.95 Å². The molecule has 0 amide bonds. The molecule has 1 aliphatic heterocycles. The van der Waals surface area contributed by atoms with Crippen LogP contribution in [0.3, 0.4) is 0 Å². The Morgan fingerprint density at radius 2 is 1.84 bits per heavy atom. The fraction of sp³-hybridized carbons (Fsp3) is 0.333. The van der Waals surface area contributed by atoms with Crippen molar-refractivity contribution in [3.05, 3.63) is 42.7 Å². The Hall–Kier alpha value is -1.94. The van der Waals surface area contributed by atoms with Crippen LogP contribution in [0.2, 0.25) is 0 Å². The standard InChI is InChI=1S/C15H18N4/c16-9-14-7-4-8-19(14)15-17-10-13(11-18-15)12-5-2-1-3-6-12/h1-3,5-6,10-11,14H,4,7-9,16H2. The Labute approximate surface area is 113 Å². The quantitative estimate of drug-likeness (QED) is 0.911. The lowest BCUT2D eigenvalue weighted by molar-refractivity contribution is 0.664. The van der Waals surface area contributed by atoms with E-state index in [9.17, 15) is 0 Å². The number of hydrogen-bond acceptors (Lipinski definition) is 4. The second-order valence-corrected chi connectivity index (χ2v) is 4.86. The average Bonchev–Trinajstić information content (AvgIpc) is 2.97. The van der Waals surface area contributed by atoms with E-state index in [-0.39, 0.29) is 0 Å². The summed E-state index contributed by atoms with van der Waals surface area (Å²) in [5, 5.41) is 0. The fourth-order valence-electron chi connectivity index (χ4n) is 2.59. The Morgan fingerprint density at radius 1 is 1.11 bits per heavy atom. The Balaban J connectivity index is 1.83. The van der Waals surface area contributed by atoms with Gasteiger partial charge in [-0.3, -0.25) is 0 Å². The molecule has 1 atom stereocenters. The van der Waals surface area contributed by atoms with Gasteiger partial charge in [-0.05, 0) is 18.4 Å². The van der Waals surface area contributed by atoms with E-state index >= 15 is 0 Å². The number of hydrogen-bond donors (Lipinski definition) is 1. The molecule has 19 heavy (non-hydrogen) atoms. The molecule has 0 aliphatic carbocycles. The molecular weight excluding hydrogens is 236 g/mol. The molecule has 1 aliphatic rings. The molecule has 4 heteroatoms. The van der Waals surface area contributed by atoms with Gasteiger partial charge in [0.05, 0.1) is 0 Å². The zero-order chi connectivity index (χ0) is 13.1. The molecule has 1 fully saturated rings. The minimum Gasteiger partial charge on any atom is -0.337 e. The molecule has 2 N–H and O–H groups in total. The van der Waals surface area contributed by atoms with E-state index < -0.39 is 0 Å². The summed E-state index contributed by atoms with van der Waals surface area (Å²) in [5.74, 6) is 0.799. The highest BCUT2D eigenvalue weighted by Gasteiger charge is 2.25. The smallest absolute Gasteiger partial charge is 0.225 e. The van der Waals surface area contributed by atoms with Gasteiger partial charge in [-0.25, -0.2) is 9.97 Å². The van der Waals surface area contributed by atoms with E-state index in [4.69, 9.17) is 5.73 Å². The van der Waals surface area contributed by atoms with Crippen LogP contribution in [0.15, 0.2) is 42.7 Å². The number of rotatable bonds is 3. The van der Waals surface area contributed by atoms with Gasteiger partial charge in [0.1, 0.15) is 0 Å². The first-order valence-electron chi connectivity index (χ1n) is 6.72. The van der Waals surface area contributed by atoms with Crippen molar-refractivity contribution in [1.29, 1.82) is 0 Å². The van der Waals surface area contributed by atoms with Crippen molar-refractivity contribution in [1.82, 2.24) is 9.97 Å².